The number of hydrogen-bond acceptors (Lipinski definition) is 1. The summed E-state index contributed by atoms with van der Waals surface area (Å²) in [5.74, 6) is 0.139. The van der Waals surface area contributed by atoms with E-state index in [-0.39, 0.29) is 11.8 Å². The molecule has 1 unspecified atom stereocenters. The lowest BCUT2D eigenvalue weighted by atomic mass is 9.98. The standard InChI is InChI=1S/C17H14BrCl2NO/c18-13-3-6-16(15(20)10-13)21-8-7-12(17(21)22)9-11-1-4-14(19)5-2-11/h1-6,10,12H,7-9H2. The van der Waals surface area contributed by atoms with Crippen LogP contribution in [0.25, 0.3) is 0 Å². The summed E-state index contributed by atoms with van der Waals surface area (Å²) in [6.45, 7) is 0.707. The van der Waals surface area contributed by atoms with Crippen LogP contribution in [-0.4, -0.2) is 12.5 Å². The van der Waals surface area contributed by atoms with Gasteiger partial charge in [0.25, 0.3) is 0 Å². The van der Waals surface area contributed by atoms with Crippen molar-refractivity contribution in [1.29, 1.82) is 0 Å². The maximum absolute atomic E-state index is 12.6. The molecule has 1 amide bonds. The van der Waals surface area contributed by atoms with Gasteiger partial charge in [-0.25, -0.2) is 0 Å². The Morgan fingerprint density at radius 1 is 1.14 bits per heavy atom. The van der Waals surface area contributed by atoms with Crippen molar-refractivity contribution in [3.05, 3.63) is 62.5 Å². The molecule has 0 bridgehead atoms. The monoisotopic (exact) mass is 397 g/mol. The Kier molecular flexibility index (Phi) is 4.76. The van der Waals surface area contributed by atoms with Crippen LogP contribution < -0.4 is 4.90 Å². The molecule has 1 fully saturated rings. The van der Waals surface area contributed by atoms with Gasteiger partial charge in [0.2, 0.25) is 5.91 Å². The third-order valence-electron chi connectivity index (χ3n) is 3.91. The predicted octanol–water partition coefficient (Wildman–Crippen LogP) is 5.35. The van der Waals surface area contributed by atoms with Crippen LogP contribution in [0.5, 0.6) is 0 Å². The predicted molar refractivity (Wildman–Crippen MR) is 94.8 cm³/mol. The highest BCUT2D eigenvalue weighted by Gasteiger charge is 2.33. The Bertz CT molecular complexity index is 702. The van der Waals surface area contributed by atoms with Crippen LogP contribution in [0.3, 0.4) is 0 Å². The van der Waals surface area contributed by atoms with E-state index in [1.807, 2.05) is 42.5 Å². The van der Waals surface area contributed by atoms with Crippen LogP contribution in [0.1, 0.15) is 12.0 Å². The average molecular weight is 399 g/mol. The Balaban J connectivity index is 1.75. The second-order valence-electron chi connectivity index (χ2n) is 5.40. The van der Waals surface area contributed by atoms with E-state index in [1.54, 1.807) is 4.90 Å². The summed E-state index contributed by atoms with van der Waals surface area (Å²) in [4.78, 5) is 14.4. The van der Waals surface area contributed by atoms with Crippen LogP contribution in [0, 0.1) is 5.92 Å². The molecule has 2 aromatic rings. The van der Waals surface area contributed by atoms with Crippen molar-refractivity contribution in [3.63, 3.8) is 0 Å². The zero-order valence-corrected chi connectivity index (χ0v) is 14.8. The Morgan fingerprint density at radius 3 is 2.55 bits per heavy atom. The second kappa shape index (κ2) is 6.61. The van der Waals surface area contributed by atoms with Crippen molar-refractivity contribution in [1.82, 2.24) is 0 Å². The number of halogens is 3. The van der Waals surface area contributed by atoms with E-state index >= 15 is 0 Å². The zero-order chi connectivity index (χ0) is 15.7. The van der Waals surface area contributed by atoms with Gasteiger partial charge < -0.3 is 4.90 Å². The molecule has 0 aromatic heterocycles. The molecule has 1 atom stereocenters. The number of carbonyl (C=O) groups is 1. The molecular weight excluding hydrogens is 385 g/mol. The van der Waals surface area contributed by atoms with Gasteiger partial charge in [-0.2, -0.15) is 0 Å². The highest BCUT2D eigenvalue weighted by atomic mass is 79.9. The molecule has 0 N–H and O–H groups in total. The molecule has 0 spiro atoms. The number of hydrogen-bond donors (Lipinski definition) is 0. The van der Waals surface area contributed by atoms with Crippen molar-refractivity contribution in [2.45, 2.75) is 12.8 Å². The van der Waals surface area contributed by atoms with E-state index in [9.17, 15) is 4.79 Å². The lowest BCUT2D eigenvalue weighted by Crippen LogP contribution is -2.27. The van der Waals surface area contributed by atoms with Crippen LogP contribution in [-0.2, 0) is 11.2 Å². The van der Waals surface area contributed by atoms with Gasteiger partial charge in [0.15, 0.2) is 0 Å². The van der Waals surface area contributed by atoms with Crippen molar-refractivity contribution < 1.29 is 4.79 Å². The van der Waals surface area contributed by atoms with Crippen molar-refractivity contribution in [2.24, 2.45) is 5.92 Å². The van der Waals surface area contributed by atoms with E-state index in [2.05, 4.69) is 15.9 Å². The molecule has 5 heteroatoms. The van der Waals surface area contributed by atoms with E-state index in [4.69, 9.17) is 23.2 Å². The van der Waals surface area contributed by atoms with Gasteiger partial charge in [-0.3, -0.25) is 4.79 Å². The first-order valence-electron chi connectivity index (χ1n) is 7.05. The van der Waals surface area contributed by atoms with Crippen LogP contribution in [0.2, 0.25) is 10.0 Å². The number of carbonyl (C=O) groups excluding carboxylic acids is 1. The lowest BCUT2D eigenvalue weighted by molar-refractivity contribution is -0.120. The maximum Gasteiger partial charge on any atom is 0.230 e. The lowest BCUT2D eigenvalue weighted by Gasteiger charge is -2.18. The zero-order valence-electron chi connectivity index (χ0n) is 11.7. The smallest absolute Gasteiger partial charge is 0.230 e. The van der Waals surface area contributed by atoms with Crippen molar-refractivity contribution in [2.75, 3.05) is 11.4 Å². The number of nitrogens with zero attached hydrogens (tertiary/aromatic N) is 1. The average Bonchev–Trinajstić information content (AvgIpc) is 2.83. The Labute approximate surface area is 148 Å². The molecule has 0 aliphatic carbocycles. The SMILES string of the molecule is O=C1C(Cc2ccc(Cl)cc2)CCN1c1ccc(Br)cc1Cl. The van der Waals surface area contributed by atoms with Crippen molar-refractivity contribution >= 4 is 50.7 Å². The molecule has 2 nitrogen and oxygen atoms in total. The van der Waals surface area contributed by atoms with Gasteiger partial charge >= 0.3 is 0 Å². The molecule has 3 rings (SSSR count). The van der Waals surface area contributed by atoms with Gasteiger partial charge in [0, 0.05) is 22.0 Å². The van der Waals surface area contributed by atoms with Gasteiger partial charge in [0.05, 0.1) is 10.7 Å². The first kappa shape index (κ1) is 15.9. The molecule has 22 heavy (non-hydrogen) atoms. The topological polar surface area (TPSA) is 20.3 Å². The van der Waals surface area contributed by atoms with E-state index in [1.165, 1.54) is 0 Å². The molecule has 114 valence electrons. The normalized spacial score (nSPS) is 18.0. The van der Waals surface area contributed by atoms with Crippen LogP contribution >= 0.6 is 39.1 Å². The molecule has 2 aromatic carbocycles. The summed E-state index contributed by atoms with van der Waals surface area (Å²) in [5.41, 5.74) is 1.92. The van der Waals surface area contributed by atoms with E-state index in [0.29, 0.717) is 16.6 Å². The summed E-state index contributed by atoms with van der Waals surface area (Å²) < 4.78 is 0.908. The fourth-order valence-corrected chi connectivity index (χ4v) is 3.67. The first-order valence-corrected chi connectivity index (χ1v) is 8.60. The second-order valence-corrected chi connectivity index (χ2v) is 7.16. The summed E-state index contributed by atoms with van der Waals surface area (Å²) in [5, 5.41) is 1.31. The largest absolute Gasteiger partial charge is 0.311 e. The fourth-order valence-electron chi connectivity index (χ4n) is 2.77. The molecule has 0 radical (unpaired) electrons. The minimum absolute atomic E-state index is 0.000823. The first-order chi connectivity index (χ1) is 10.5. The van der Waals surface area contributed by atoms with Gasteiger partial charge in [-0.15, -0.1) is 0 Å². The Morgan fingerprint density at radius 2 is 1.86 bits per heavy atom. The molecule has 1 heterocycles. The quantitative estimate of drug-likeness (QED) is 0.682. The summed E-state index contributed by atoms with van der Waals surface area (Å²) in [6.07, 6.45) is 1.58. The molecule has 0 saturated carbocycles. The highest BCUT2D eigenvalue weighted by molar-refractivity contribution is 9.10. The third kappa shape index (κ3) is 3.32. The minimum Gasteiger partial charge on any atom is -0.311 e. The molecule has 1 aliphatic rings. The molecule has 1 saturated heterocycles. The summed E-state index contributed by atoms with van der Waals surface area (Å²) >= 11 is 15.5. The molecule has 1 aliphatic heterocycles. The van der Waals surface area contributed by atoms with Crippen LogP contribution in [0.4, 0.5) is 5.69 Å². The minimum atomic E-state index is 0.000823. The number of benzene rings is 2. The molecular formula is C17H14BrCl2NO. The van der Waals surface area contributed by atoms with E-state index < -0.39 is 0 Å². The number of rotatable bonds is 3. The Hall–Kier alpha value is -1.03. The number of anilines is 1. The summed E-state index contributed by atoms with van der Waals surface area (Å²) in [6, 6.07) is 13.3. The summed E-state index contributed by atoms with van der Waals surface area (Å²) in [7, 11) is 0. The van der Waals surface area contributed by atoms with Gasteiger partial charge in [0.1, 0.15) is 0 Å². The maximum atomic E-state index is 12.6. The number of amides is 1. The van der Waals surface area contributed by atoms with Gasteiger partial charge in [-0.05, 0) is 48.7 Å². The highest BCUT2D eigenvalue weighted by Crippen LogP contribution is 2.34. The van der Waals surface area contributed by atoms with Gasteiger partial charge in [-0.1, -0.05) is 51.3 Å². The fraction of sp³-hybridized carbons (Fsp3) is 0.235. The third-order valence-corrected chi connectivity index (χ3v) is 4.96. The van der Waals surface area contributed by atoms with Crippen LogP contribution in [0.15, 0.2) is 46.9 Å². The van der Waals surface area contributed by atoms with E-state index in [0.717, 1.165) is 28.6 Å². The van der Waals surface area contributed by atoms with Crippen molar-refractivity contribution in [3.8, 4) is 0 Å².